The largest absolute Gasteiger partial charge is 0.345 e. The second-order valence-electron chi connectivity index (χ2n) is 10.3. The zero-order chi connectivity index (χ0) is 24.2. The summed E-state index contributed by atoms with van der Waals surface area (Å²) >= 11 is 0. The molecule has 0 spiro atoms. The van der Waals surface area contributed by atoms with Crippen molar-refractivity contribution in [2.24, 2.45) is 11.3 Å². The van der Waals surface area contributed by atoms with Crippen LogP contribution in [-0.2, 0) is 9.59 Å². The van der Waals surface area contributed by atoms with Crippen molar-refractivity contribution < 1.29 is 9.59 Å². The number of rotatable bonds is 8. The molecule has 1 heterocycles. The lowest BCUT2D eigenvalue weighted by Gasteiger charge is -2.36. The van der Waals surface area contributed by atoms with Gasteiger partial charge in [0, 0.05) is 37.3 Å². The van der Waals surface area contributed by atoms with Crippen LogP contribution in [0.25, 0.3) is 0 Å². The van der Waals surface area contributed by atoms with Crippen molar-refractivity contribution in [3.8, 4) is 0 Å². The van der Waals surface area contributed by atoms with Crippen molar-refractivity contribution in [1.82, 2.24) is 10.2 Å². The summed E-state index contributed by atoms with van der Waals surface area (Å²) in [5, 5.41) is 3.02. The fourth-order valence-electron chi connectivity index (χ4n) is 4.62. The normalized spacial score (nSPS) is 18.1. The monoisotopic (exact) mass is 449 g/mol. The standard InChI is InChI=1S/C28H39N3O2/c1-20(29-5)26(32)19-24(28(2,3)4)27(33)31-17-11-16-25(31)21-12-10-15-23(18-21)30(6)22-13-8-7-9-14-22/h7-10,12-15,18,20,24-25,29H,11,16-17,19H2,1-6H3/t20-,24+,25-/m0/s1. The summed E-state index contributed by atoms with van der Waals surface area (Å²) in [5.74, 6) is -0.145. The highest BCUT2D eigenvalue weighted by Crippen LogP contribution is 2.39. The molecule has 1 aliphatic heterocycles. The van der Waals surface area contributed by atoms with Crippen LogP contribution in [0, 0.1) is 11.3 Å². The Morgan fingerprint density at radius 2 is 1.76 bits per heavy atom. The van der Waals surface area contributed by atoms with Crippen molar-refractivity contribution in [2.75, 3.05) is 25.5 Å². The van der Waals surface area contributed by atoms with E-state index >= 15 is 0 Å². The number of benzene rings is 2. The molecule has 2 aromatic rings. The topological polar surface area (TPSA) is 52.7 Å². The van der Waals surface area contributed by atoms with Crippen molar-refractivity contribution >= 4 is 23.1 Å². The lowest BCUT2D eigenvalue weighted by molar-refractivity contribution is -0.143. The van der Waals surface area contributed by atoms with E-state index in [1.807, 2.05) is 30.0 Å². The maximum absolute atomic E-state index is 13.8. The summed E-state index contributed by atoms with van der Waals surface area (Å²) in [4.78, 5) is 30.7. The number of likely N-dealkylation sites (N-methyl/N-ethyl adjacent to an activating group) is 1. The molecule has 1 fully saturated rings. The van der Waals surface area contributed by atoms with Crippen molar-refractivity contribution in [1.29, 1.82) is 0 Å². The van der Waals surface area contributed by atoms with Crippen molar-refractivity contribution in [2.45, 2.75) is 59.0 Å². The van der Waals surface area contributed by atoms with E-state index in [0.717, 1.165) is 36.3 Å². The van der Waals surface area contributed by atoms with Crippen LogP contribution >= 0.6 is 0 Å². The summed E-state index contributed by atoms with van der Waals surface area (Å²) in [7, 11) is 3.85. The van der Waals surface area contributed by atoms with Gasteiger partial charge in [-0.15, -0.1) is 0 Å². The molecule has 1 N–H and O–H groups in total. The Morgan fingerprint density at radius 1 is 1.09 bits per heavy atom. The van der Waals surface area contributed by atoms with Gasteiger partial charge in [-0.1, -0.05) is 51.1 Å². The second-order valence-corrected chi connectivity index (χ2v) is 10.3. The van der Waals surface area contributed by atoms with Gasteiger partial charge in [0.15, 0.2) is 0 Å². The van der Waals surface area contributed by atoms with Crippen LogP contribution in [0.5, 0.6) is 0 Å². The Balaban J connectivity index is 1.85. The molecule has 0 aliphatic carbocycles. The Kier molecular flexibility index (Phi) is 7.96. The minimum atomic E-state index is -0.337. The van der Waals surface area contributed by atoms with Crippen LogP contribution < -0.4 is 10.2 Å². The van der Waals surface area contributed by atoms with E-state index in [9.17, 15) is 9.59 Å². The third-order valence-corrected chi connectivity index (χ3v) is 6.99. The predicted octanol–water partition coefficient (Wildman–Crippen LogP) is 5.35. The van der Waals surface area contributed by atoms with E-state index in [2.05, 4.69) is 74.4 Å². The number of ketones is 1. The molecule has 2 aromatic carbocycles. The molecule has 1 amide bonds. The zero-order valence-corrected chi connectivity index (χ0v) is 21.0. The molecular weight excluding hydrogens is 410 g/mol. The van der Waals surface area contributed by atoms with Gasteiger partial charge in [-0.25, -0.2) is 0 Å². The number of carbonyl (C=O) groups excluding carboxylic acids is 2. The van der Waals surface area contributed by atoms with Gasteiger partial charge in [0.1, 0.15) is 5.78 Å². The highest BCUT2D eigenvalue weighted by atomic mass is 16.2. The van der Waals surface area contributed by atoms with Gasteiger partial charge in [0.05, 0.1) is 12.1 Å². The number of Topliss-reactive ketones (excluding diaryl/α,β-unsaturated/α-hetero) is 1. The van der Waals surface area contributed by atoms with Gasteiger partial charge in [-0.3, -0.25) is 9.59 Å². The first-order valence-corrected chi connectivity index (χ1v) is 12.0. The fraction of sp³-hybridized carbons (Fsp3) is 0.500. The average molecular weight is 450 g/mol. The van der Waals surface area contributed by atoms with Gasteiger partial charge < -0.3 is 15.1 Å². The maximum Gasteiger partial charge on any atom is 0.227 e. The predicted molar refractivity (Wildman–Crippen MR) is 136 cm³/mol. The molecule has 0 radical (unpaired) electrons. The molecule has 3 rings (SSSR count). The van der Waals surface area contributed by atoms with E-state index in [4.69, 9.17) is 0 Å². The van der Waals surface area contributed by atoms with E-state index in [1.165, 1.54) is 0 Å². The molecule has 0 bridgehead atoms. The molecule has 178 valence electrons. The van der Waals surface area contributed by atoms with Gasteiger partial charge in [-0.05, 0) is 62.1 Å². The number of nitrogens with zero attached hydrogens (tertiary/aromatic N) is 2. The summed E-state index contributed by atoms with van der Waals surface area (Å²) in [6, 6.07) is 18.6. The maximum atomic E-state index is 13.8. The number of anilines is 2. The van der Waals surface area contributed by atoms with E-state index in [1.54, 1.807) is 7.05 Å². The number of amides is 1. The van der Waals surface area contributed by atoms with Crippen LogP contribution in [0.1, 0.15) is 58.6 Å². The Bertz CT molecular complexity index is 951. The Hall–Kier alpha value is -2.66. The molecule has 1 aliphatic rings. The van der Waals surface area contributed by atoms with Crippen LogP contribution in [-0.4, -0.2) is 43.3 Å². The van der Waals surface area contributed by atoms with Crippen molar-refractivity contribution in [3.05, 3.63) is 60.2 Å². The summed E-state index contributed by atoms with van der Waals surface area (Å²) in [5.41, 5.74) is 3.09. The van der Waals surface area contributed by atoms with E-state index in [0.29, 0.717) is 0 Å². The number of nitrogens with one attached hydrogen (secondary N) is 1. The highest BCUT2D eigenvalue weighted by Gasteiger charge is 2.40. The lowest BCUT2D eigenvalue weighted by atomic mass is 9.76. The number of likely N-dealkylation sites (tertiary alicyclic amines) is 1. The first kappa shape index (κ1) is 25.0. The molecule has 33 heavy (non-hydrogen) atoms. The Morgan fingerprint density at radius 3 is 2.39 bits per heavy atom. The second kappa shape index (κ2) is 10.5. The van der Waals surface area contributed by atoms with Gasteiger partial charge in [0.2, 0.25) is 5.91 Å². The fourth-order valence-corrected chi connectivity index (χ4v) is 4.62. The SMILES string of the molecule is CN[C@@H](C)C(=O)C[C@H](C(=O)N1CCC[C@H]1c1cccc(N(C)c2ccccc2)c1)C(C)(C)C. The third kappa shape index (κ3) is 5.83. The smallest absolute Gasteiger partial charge is 0.227 e. The molecule has 3 atom stereocenters. The highest BCUT2D eigenvalue weighted by molar-refractivity contribution is 5.90. The molecular formula is C28H39N3O2. The average Bonchev–Trinajstić information content (AvgIpc) is 3.31. The lowest BCUT2D eigenvalue weighted by Crippen LogP contribution is -2.44. The van der Waals surface area contributed by atoms with Crippen LogP contribution in [0.2, 0.25) is 0 Å². The number of hydrogen-bond donors (Lipinski definition) is 1. The van der Waals surface area contributed by atoms with Crippen LogP contribution in [0.15, 0.2) is 54.6 Å². The minimum Gasteiger partial charge on any atom is -0.345 e. The summed E-state index contributed by atoms with van der Waals surface area (Å²) in [6.45, 7) is 8.79. The molecule has 0 unspecified atom stereocenters. The van der Waals surface area contributed by atoms with E-state index < -0.39 is 0 Å². The van der Waals surface area contributed by atoms with Gasteiger partial charge >= 0.3 is 0 Å². The van der Waals surface area contributed by atoms with Gasteiger partial charge in [-0.2, -0.15) is 0 Å². The van der Waals surface area contributed by atoms with Crippen molar-refractivity contribution in [3.63, 3.8) is 0 Å². The Labute approximate surface area is 199 Å². The number of hydrogen-bond acceptors (Lipinski definition) is 4. The summed E-state index contributed by atoms with van der Waals surface area (Å²) in [6.07, 6.45) is 2.19. The number of carbonyl (C=O) groups is 2. The summed E-state index contributed by atoms with van der Waals surface area (Å²) < 4.78 is 0. The van der Waals surface area contributed by atoms with Gasteiger partial charge in [0.25, 0.3) is 0 Å². The van der Waals surface area contributed by atoms with Crippen LogP contribution in [0.4, 0.5) is 11.4 Å². The molecule has 0 aromatic heterocycles. The van der Waals surface area contributed by atoms with Crippen LogP contribution in [0.3, 0.4) is 0 Å². The molecule has 5 heteroatoms. The first-order valence-electron chi connectivity index (χ1n) is 12.0. The molecule has 1 saturated heterocycles. The zero-order valence-electron chi connectivity index (χ0n) is 21.0. The quantitative estimate of drug-likeness (QED) is 0.590. The third-order valence-electron chi connectivity index (χ3n) is 6.99. The minimum absolute atomic E-state index is 0.0447. The number of para-hydroxylation sites is 1. The van der Waals surface area contributed by atoms with E-state index in [-0.39, 0.29) is 41.5 Å². The molecule has 0 saturated carbocycles. The first-order chi connectivity index (χ1) is 15.6. The molecule has 5 nitrogen and oxygen atoms in total.